The third-order valence-corrected chi connectivity index (χ3v) is 4.26. The second-order valence-corrected chi connectivity index (χ2v) is 5.94. The lowest BCUT2D eigenvalue weighted by molar-refractivity contribution is 0.0514. The summed E-state index contributed by atoms with van der Waals surface area (Å²) in [6.45, 7) is 2.47. The molecule has 0 spiro atoms. The molecule has 0 N–H and O–H groups in total. The van der Waals surface area contributed by atoms with E-state index in [0.29, 0.717) is 17.7 Å². The molecule has 0 aliphatic rings. The van der Waals surface area contributed by atoms with E-state index in [-0.39, 0.29) is 12.3 Å². The topological polar surface area (TPSA) is 64.2 Å². The normalized spacial score (nSPS) is 10.3. The van der Waals surface area contributed by atoms with E-state index in [1.165, 1.54) is 0 Å². The van der Waals surface area contributed by atoms with Crippen LogP contribution in [0.1, 0.15) is 28.5 Å². The quantitative estimate of drug-likeness (QED) is 0.616. The number of methoxy groups -OCH3 is 1. The largest absolute Gasteiger partial charge is 0.497 e. The van der Waals surface area contributed by atoms with Gasteiger partial charge in [0.25, 0.3) is 0 Å². The van der Waals surface area contributed by atoms with Crippen LogP contribution in [0.3, 0.4) is 0 Å². The zero-order chi connectivity index (χ0) is 19.2. The van der Waals surface area contributed by atoms with Crippen LogP contribution in [0, 0.1) is 11.3 Å². The van der Waals surface area contributed by atoms with Gasteiger partial charge < -0.3 is 14.0 Å². The summed E-state index contributed by atoms with van der Waals surface area (Å²) >= 11 is 0. The van der Waals surface area contributed by atoms with E-state index in [2.05, 4.69) is 6.07 Å². The number of hydrogen-bond acceptors (Lipinski definition) is 4. The standard InChI is InChI=1S/C22H20N2O3/c1-3-27-22(25)21-19(13-23)20(17-9-11-18(26-2)12-10-17)15-24(21)14-16-7-5-4-6-8-16/h4-12,15H,3,14H2,1-2H3. The van der Waals surface area contributed by atoms with Crippen LogP contribution in [0.2, 0.25) is 0 Å². The summed E-state index contributed by atoms with van der Waals surface area (Å²) in [5, 5.41) is 9.76. The Balaban J connectivity index is 2.12. The summed E-state index contributed by atoms with van der Waals surface area (Å²) in [5.41, 5.74) is 3.15. The predicted molar refractivity (Wildman–Crippen MR) is 103 cm³/mol. The van der Waals surface area contributed by atoms with Gasteiger partial charge in [0.15, 0.2) is 0 Å². The van der Waals surface area contributed by atoms with Crippen LogP contribution in [0.25, 0.3) is 11.1 Å². The highest BCUT2D eigenvalue weighted by Crippen LogP contribution is 2.30. The Kier molecular flexibility index (Phi) is 5.58. The van der Waals surface area contributed by atoms with Gasteiger partial charge in [-0.25, -0.2) is 4.79 Å². The highest BCUT2D eigenvalue weighted by Gasteiger charge is 2.24. The highest BCUT2D eigenvalue weighted by molar-refractivity contribution is 5.94. The van der Waals surface area contributed by atoms with Crippen molar-refractivity contribution >= 4 is 5.97 Å². The summed E-state index contributed by atoms with van der Waals surface area (Å²) in [4.78, 5) is 12.6. The minimum atomic E-state index is -0.496. The molecule has 0 amide bonds. The van der Waals surface area contributed by atoms with Gasteiger partial charge in [-0.2, -0.15) is 5.26 Å². The molecular weight excluding hydrogens is 340 g/mol. The van der Waals surface area contributed by atoms with Crippen LogP contribution in [0.4, 0.5) is 0 Å². The van der Waals surface area contributed by atoms with E-state index in [0.717, 1.165) is 16.9 Å². The molecule has 3 aromatic rings. The van der Waals surface area contributed by atoms with E-state index >= 15 is 0 Å². The number of esters is 1. The molecular formula is C22H20N2O3. The molecule has 0 unspecified atom stereocenters. The molecule has 0 aliphatic carbocycles. The van der Waals surface area contributed by atoms with Crippen molar-refractivity contribution in [3.05, 3.63) is 77.6 Å². The number of carbonyl (C=O) groups is 1. The molecule has 0 saturated carbocycles. The number of nitrogens with zero attached hydrogens (tertiary/aromatic N) is 2. The molecule has 5 nitrogen and oxygen atoms in total. The Morgan fingerprint density at radius 3 is 2.41 bits per heavy atom. The number of nitriles is 1. The zero-order valence-electron chi connectivity index (χ0n) is 15.3. The van der Waals surface area contributed by atoms with E-state index in [9.17, 15) is 10.1 Å². The van der Waals surface area contributed by atoms with E-state index in [4.69, 9.17) is 9.47 Å². The van der Waals surface area contributed by atoms with Crippen molar-refractivity contribution in [1.29, 1.82) is 5.26 Å². The van der Waals surface area contributed by atoms with E-state index < -0.39 is 5.97 Å². The number of aromatic nitrogens is 1. The van der Waals surface area contributed by atoms with Crippen LogP contribution >= 0.6 is 0 Å². The molecule has 136 valence electrons. The van der Waals surface area contributed by atoms with Crippen molar-refractivity contribution in [3.8, 4) is 22.9 Å². The molecule has 1 heterocycles. The second-order valence-electron chi connectivity index (χ2n) is 5.94. The summed E-state index contributed by atoms with van der Waals surface area (Å²) in [5.74, 6) is 0.233. The number of benzene rings is 2. The second kappa shape index (κ2) is 8.24. The van der Waals surface area contributed by atoms with Crippen LogP contribution in [0.5, 0.6) is 5.75 Å². The van der Waals surface area contributed by atoms with Crippen molar-refractivity contribution in [2.45, 2.75) is 13.5 Å². The maximum Gasteiger partial charge on any atom is 0.356 e. The van der Waals surface area contributed by atoms with Crippen molar-refractivity contribution in [1.82, 2.24) is 4.57 Å². The monoisotopic (exact) mass is 360 g/mol. The first-order valence-electron chi connectivity index (χ1n) is 8.66. The average molecular weight is 360 g/mol. The molecule has 0 radical (unpaired) electrons. The van der Waals surface area contributed by atoms with E-state index in [1.807, 2.05) is 60.8 Å². The minimum Gasteiger partial charge on any atom is -0.497 e. The van der Waals surface area contributed by atoms with Gasteiger partial charge in [0.2, 0.25) is 0 Å². The first-order chi connectivity index (χ1) is 13.2. The molecule has 0 fully saturated rings. The Morgan fingerprint density at radius 1 is 1.11 bits per heavy atom. The summed E-state index contributed by atoms with van der Waals surface area (Å²) in [6.07, 6.45) is 1.83. The van der Waals surface area contributed by atoms with Crippen LogP contribution < -0.4 is 4.74 Å². The fourth-order valence-corrected chi connectivity index (χ4v) is 2.98. The van der Waals surface area contributed by atoms with Crippen LogP contribution in [0.15, 0.2) is 60.8 Å². The van der Waals surface area contributed by atoms with Gasteiger partial charge in [0.05, 0.1) is 19.3 Å². The number of carbonyl (C=O) groups excluding carboxylic acids is 1. The summed E-state index contributed by atoms with van der Waals surface area (Å²) < 4.78 is 12.2. The average Bonchev–Trinajstić information content (AvgIpc) is 3.07. The van der Waals surface area contributed by atoms with Crippen molar-refractivity contribution in [2.75, 3.05) is 13.7 Å². The molecule has 1 aromatic heterocycles. The van der Waals surface area contributed by atoms with Gasteiger partial charge in [-0.05, 0) is 30.2 Å². The van der Waals surface area contributed by atoms with Gasteiger partial charge >= 0.3 is 5.97 Å². The van der Waals surface area contributed by atoms with Gasteiger partial charge in [-0.1, -0.05) is 42.5 Å². The Labute approximate surface area is 158 Å². The lowest BCUT2D eigenvalue weighted by atomic mass is 10.0. The Hall–Kier alpha value is -3.52. The summed E-state index contributed by atoms with van der Waals surface area (Å²) in [7, 11) is 1.60. The third-order valence-electron chi connectivity index (χ3n) is 4.26. The maximum atomic E-state index is 12.6. The predicted octanol–water partition coefficient (Wildman–Crippen LogP) is 4.26. The maximum absolute atomic E-state index is 12.6. The number of ether oxygens (including phenoxy) is 2. The van der Waals surface area contributed by atoms with Gasteiger partial charge in [0, 0.05) is 18.3 Å². The zero-order valence-corrected chi connectivity index (χ0v) is 15.3. The highest BCUT2D eigenvalue weighted by atomic mass is 16.5. The first-order valence-corrected chi connectivity index (χ1v) is 8.66. The fourth-order valence-electron chi connectivity index (χ4n) is 2.98. The van der Waals surface area contributed by atoms with E-state index in [1.54, 1.807) is 18.6 Å². The molecule has 2 aromatic carbocycles. The lowest BCUT2D eigenvalue weighted by Gasteiger charge is -2.09. The van der Waals surface area contributed by atoms with Crippen LogP contribution in [-0.4, -0.2) is 24.3 Å². The summed E-state index contributed by atoms with van der Waals surface area (Å²) in [6, 6.07) is 19.4. The van der Waals surface area contributed by atoms with Gasteiger partial charge in [0.1, 0.15) is 17.5 Å². The molecule has 3 rings (SSSR count). The molecule has 0 atom stereocenters. The first kappa shape index (κ1) is 18.3. The minimum absolute atomic E-state index is 0.248. The number of hydrogen-bond donors (Lipinski definition) is 0. The smallest absolute Gasteiger partial charge is 0.356 e. The van der Waals surface area contributed by atoms with Crippen LogP contribution in [-0.2, 0) is 11.3 Å². The SMILES string of the molecule is CCOC(=O)c1c(C#N)c(-c2ccc(OC)cc2)cn1Cc1ccccc1. The molecule has 0 bridgehead atoms. The molecule has 0 aliphatic heterocycles. The molecule has 0 saturated heterocycles. The molecule has 5 heteroatoms. The Bertz CT molecular complexity index is 967. The molecule has 27 heavy (non-hydrogen) atoms. The van der Waals surface area contributed by atoms with Crippen molar-refractivity contribution in [3.63, 3.8) is 0 Å². The lowest BCUT2D eigenvalue weighted by Crippen LogP contribution is -2.14. The van der Waals surface area contributed by atoms with Gasteiger partial charge in [-0.15, -0.1) is 0 Å². The number of rotatable bonds is 6. The Morgan fingerprint density at radius 2 is 1.81 bits per heavy atom. The van der Waals surface area contributed by atoms with Gasteiger partial charge in [-0.3, -0.25) is 0 Å². The van der Waals surface area contributed by atoms with Crippen molar-refractivity contribution in [2.24, 2.45) is 0 Å². The third kappa shape index (κ3) is 3.85. The van der Waals surface area contributed by atoms with Crippen molar-refractivity contribution < 1.29 is 14.3 Å². The fraction of sp³-hybridized carbons (Fsp3) is 0.182.